The minimum Gasteiger partial charge on any atom is -0.465 e. The first-order chi connectivity index (χ1) is 9.41. The summed E-state index contributed by atoms with van der Waals surface area (Å²) in [6.07, 6.45) is 2.33. The molecule has 0 atom stereocenters. The van der Waals surface area contributed by atoms with E-state index in [4.69, 9.17) is 10.5 Å². The number of esters is 1. The molecule has 7 heteroatoms. The molecular formula is C13H19N3O3S. The van der Waals surface area contributed by atoms with Crippen molar-refractivity contribution in [1.82, 2.24) is 5.32 Å². The molecule has 1 aliphatic carbocycles. The van der Waals surface area contributed by atoms with Gasteiger partial charge in [0, 0.05) is 13.6 Å². The van der Waals surface area contributed by atoms with Crippen molar-refractivity contribution in [3.05, 3.63) is 10.4 Å². The second-order valence-corrected chi connectivity index (χ2v) is 6.30. The first kappa shape index (κ1) is 14.6. The molecule has 1 saturated carbocycles. The van der Waals surface area contributed by atoms with E-state index in [1.165, 1.54) is 25.5 Å². The fraction of sp³-hybridized carbons (Fsp3) is 0.538. The molecule has 1 fully saturated rings. The molecule has 1 aromatic rings. The van der Waals surface area contributed by atoms with E-state index >= 15 is 0 Å². The van der Waals surface area contributed by atoms with Crippen molar-refractivity contribution in [2.75, 3.05) is 31.8 Å². The Labute approximate surface area is 121 Å². The Kier molecular flexibility index (Phi) is 3.89. The average molecular weight is 297 g/mol. The third kappa shape index (κ3) is 2.72. The van der Waals surface area contributed by atoms with Gasteiger partial charge in [0.15, 0.2) is 0 Å². The summed E-state index contributed by atoms with van der Waals surface area (Å²) < 4.78 is 4.75. The lowest BCUT2D eigenvalue weighted by Gasteiger charge is -2.11. The van der Waals surface area contributed by atoms with Gasteiger partial charge in [-0.3, -0.25) is 4.79 Å². The molecule has 1 amide bonds. The van der Waals surface area contributed by atoms with Crippen LogP contribution in [0.5, 0.6) is 0 Å². The monoisotopic (exact) mass is 297 g/mol. The van der Waals surface area contributed by atoms with Crippen LogP contribution < -0.4 is 16.4 Å². The van der Waals surface area contributed by atoms with Crippen LogP contribution in [0.25, 0.3) is 0 Å². The molecule has 20 heavy (non-hydrogen) atoms. The lowest BCUT2D eigenvalue weighted by molar-refractivity contribution is 0.0603. The molecule has 1 aliphatic rings. The fourth-order valence-electron chi connectivity index (χ4n) is 1.84. The van der Waals surface area contributed by atoms with Crippen LogP contribution in [0.4, 0.5) is 10.7 Å². The van der Waals surface area contributed by atoms with Crippen LogP contribution >= 0.6 is 11.3 Å². The highest BCUT2D eigenvalue weighted by molar-refractivity contribution is 7.19. The van der Waals surface area contributed by atoms with Crippen LogP contribution in [0.1, 0.15) is 39.8 Å². The van der Waals surface area contributed by atoms with E-state index in [0.29, 0.717) is 9.88 Å². The predicted octanol–water partition coefficient (Wildman–Crippen LogP) is 1.69. The lowest BCUT2D eigenvalue weighted by Crippen LogP contribution is -2.18. The van der Waals surface area contributed by atoms with E-state index in [2.05, 4.69) is 17.6 Å². The van der Waals surface area contributed by atoms with E-state index in [-0.39, 0.29) is 22.6 Å². The smallest absolute Gasteiger partial charge is 0.343 e. The number of carbonyl (C=O) groups is 2. The van der Waals surface area contributed by atoms with Gasteiger partial charge >= 0.3 is 5.97 Å². The molecule has 0 spiro atoms. The van der Waals surface area contributed by atoms with Gasteiger partial charge in [-0.2, -0.15) is 0 Å². The van der Waals surface area contributed by atoms with Crippen molar-refractivity contribution >= 4 is 33.9 Å². The molecule has 0 aromatic carbocycles. The van der Waals surface area contributed by atoms with Crippen LogP contribution in [0.3, 0.4) is 0 Å². The molecule has 0 radical (unpaired) electrons. The molecule has 6 nitrogen and oxygen atoms in total. The highest BCUT2D eigenvalue weighted by Crippen LogP contribution is 2.46. The first-order valence-corrected chi connectivity index (χ1v) is 7.20. The minimum atomic E-state index is -0.530. The molecule has 0 aliphatic heterocycles. The molecule has 2 rings (SSSR count). The van der Waals surface area contributed by atoms with E-state index in [1.54, 1.807) is 0 Å². The molecule has 1 heterocycles. The van der Waals surface area contributed by atoms with Gasteiger partial charge in [0.1, 0.15) is 15.4 Å². The van der Waals surface area contributed by atoms with Gasteiger partial charge < -0.3 is 21.1 Å². The number of rotatable bonds is 5. The number of amides is 1. The molecular weight excluding hydrogens is 278 g/mol. The van der Waals surface area contributed by atoms with Crippen LogP contribution in [0.15, 0.2) is 0 Å². The number of ether oxygens (including phenoxy) is 1. The van der Waals surface area contributed by atoms with Crippen LogP contribution in [-0.4, -0.2) is 32.6 Å². The molecule has 0 bridgehead atoms. The van der Waals surface area contributed by atoms with E-state index < -0.39 is 5.97 Å². The van der Waals surface area contributed by atoms with Gasteiger partial charge in [-0.1, -0.05) is 6.92 Å². The summed E-state index contributed by atoms with van der Waals surface area (Å²) in [6.45, 7) is 2.93. The number of hydrogen-bond donors (Lipinski definition) is 3. The summed E-state index contributed by atoms with van der Waals surface area (Å²) in [7, 11) is 2.82. The largest absolute Gasteiger partial charge is 0.465 e. The molecule has 0 unspecified atom stereocenters. The third-order valence-corrected chi connectivity index (χ3v) is 4.71. The number of nitrogens with two attached hydrogens (primary N) is 1. The van der Waals surface area contributed by atoms with Crippen LogP contribution in [0, 0.1) is 5.41 Å². The Morgan fingerprint density at radius 1 is 1.45 bits per heavy atom. The third-order valence-electron chi connectivity index (χ3n) is 3.55. The Morgan fingerprint density at radius 3 is 2.60 bits per heavy atom. The summed E-state index contributed by atoms with van der Waals surface area (Å²) in [5.74, 6) is -0.833. The van der Waals surface area contributed by atoms with Crippen LogP contribution in [-0.2, 0) is 4.74 Å². The number of anilines is 2. The van der Waals surface area contributed by atoms with Crippen molar-refractivity contribution in [2.24, 2.45) is 5.41 Å². The maximum Gasteiger partial charge on any atom is 0.343 e. The molecule has 110 valence electrons. The van der Waals surface area contributed by atoms with Crippen molar-refractivity contribution in [3.8, 4) is 0 Å². The first-order valence-electron chi connectivity index (χ1n) is 6.38. The molecule has 1 aromatic heterocycles. The lowest BCUT2D eigenvalue weighted by atomic mass is 10.1. The van der Waals surface area contributed by atoms with Crippen LogP contribution in [0.2, 0.25) is 0 Å². The van der Waals surface area contributed by atoms with E-state index in [1.807, 2.05) is 0 Å². The van der Waals surface area contributed by atoms with Gasteiger partial charge in [-0.15, -0.1) is 11.3 Å². The van der Waals surface area contributed by atoms with Gasteiger partial charge in [0.25, 0.3) is 5.91 Å². The maximum atomic E-state index is 11.9. The highest BCUT2D eigenvalue weighted by Gasteiger charge is 2.37. The highest BCUT2D eigenvalue weighted by atomic mass is 32.1. The average Bonchev–Trinajstić information content (AvgIpc) is 3.08. The topological polar surface area (TPSA) is 93.5 Å². The number of thiophene rings is 1. The van der Waals surface area contributed by atoms with Crippen molar-refractivity contribution in [1.29, 1.82) is 0 Å². The second-order valence-electron chi connectivity index (χ2n) is 5.28. The standard InChI is InChI=1S/C13H19N3O3S/c1-13(4-5-13)6-16-11-7(12(18)19-3)8(14)9(20-11)10(17)15-2/h16H,4-6,14H2,1-3H3,(H,15,17). The Morgan fingerprint density at radius 2 is 2.10 bits per heavy atom. The van der Waals surface area contributed by atoms with Gasteiger partial charge in [-0.05, 0) is 18.3 Å². The SMILES string of the molecule is CNC(=O)c1sc(NCC2(C)CC2)c(C(=O)OC)c1N. The van der Waals surface area contributed by atoms with E-state index in [9.17, 15) is 9.59 Å². The van der Waals surface area contributed by atoms with E-state index in [0.717, 1.165) is 19.4 Å². The van der Waals surface area contributed by atoms with Gasteiger partial charge in [-0.25, -0.2) is 4.79 Å². The van der Waals surface area contributed by atoms with Crippen molar-refractivity contribution in [2.45, 2.75) is 19.8 Å². The normalized spacial score (nSPS) is 15.6. The number of nitrogens with one attached hydrogen (secondary N) is 2. The zero-order chi connectivity index (χ0) is 14.9. The van der Waals surface area contributed by atoms with Gasteiger partial charge in [0.2, 0.25) is 0 Å². The second kappa shape index (κ2) is 5.32. The quantitative estimate of drug-likeness (QED) is 0.719. The van der Waals surface area contributed by atoms with Crippen molar-refractivity contribution in [3.63, 3.8) is 0 Å². The maximum absolute atomic E-state index is 11.9. The summed E-state index contributed by atoms with van der Waals surface area (Å²) in [5.41, 5.74) is 6.62. The Balaban J connectivity index is 2.32. The Hall–Kier alpha value is -1.76. The fourth-order valence-corrected chi connectivity index (χ4v) is 2.89. The summed E-state index contributed by atoms with van der Waals surface area (Å²) >= 11 is 1.18. The zero-order valence-electron chi connectivity index (χ0n) is 11.8. The zero-order valence-corrected chi connectivity index (χ0v) is 12.6. The number of hydrogen-bond acceptors (Lipinski definition) is 6. The number of methoxy groups -OCH3 is 1. The predicted molar refractivity (Wildman–Crippen MR) is 79.3 cm³/mol. The minimum absolute atomic E-state index is 0.171. The molecule has 4 N–H and O–H groups in total. The summed E-state index contributed by atoms with van der Waals surface area (Å²) in [4.78, 5) is 23.9. The number of nitrogen functional groups attached to an aromatic ring is 1. The van der Waals surface area contributed by atoms with Crippen molar-refractivity contribution < 1.29 is 14.3 Å². The van der Waals surface area contributed by atoms with Gasteiger partial charge in [0.05, 0.1) is 12.8 Å². The summed E-state index contributed by atoms with van der Waals surface area (Å²) in [6, 6.07) is 0. The molecule has 0 saturated heterocycles. The number of carbonyl (C=O) groups excluding carboxylic acids is 2. The summed E-state index contributed by atoms with van der Waals surface area (Å²) in [5, 5.41) is 6.34. The Bertz CT molecular complexity index is 549.